The number of fused-ring (bicyclic) bond motifs is 2. The molecule has 0 aliphatic carbocycles. The largest absolute Gasteiger partial charge is 0.493 e. The minimum absolute atomic E-state index is 0.0264. The van der Waals surface area contributed by atoms with Crippen molar-refractivity contribution < 1.29 is 9.47 Å². The van der Waals surface area contributed by atoms with Crippen LogP contribution in [0.5, 0.6) is 11.5 Å². The maximum atomic E-state index is 12.9. The van der Waals surface area contributed by atoms with Crippen LogP contribution in [-0.4, -0.2) is 39.8 Å². The molecule has 31 heavy (non-hydrogen) atoms. The monoisotopic (exact) mass is 416 g/mol. The quantitative estimate of drug-likeness (QED) is 0.500. The molecule has 158 valence electrons. The third-order valence-corrected chi connectivity index (χ3v) is 5.89. The first-order valence-corrected chi connectivity index (χ1v) is 10.3. The minimum atomic E-state index is -0.138. The number of rotatable bonds is 5. The Bertz CT molecular complexity index is 1280. The molecular weight excluding hydrogens is 392 g/mol. The zero-order chi connectivity index (χ0) is 21.4. The van der Waals surface area contributed by atoms with Gasteiger partial charge in [0.15, 0.2) is 17.1 Å². The molecule has 4 aromatic rings. The van der Waals surface area contributed by atoms with Gasteiger partial charge >= 0.3 is 5.69 Å². The third-order valence-electron chi connectivity index (χ3n) is 5.89. The molecule has 1 atom stereocenters. The SMILES string of the molecule is COc1cc2c(cc1OC)[C@@H](c1ccccc1)N(Cn1nc3ccccn3c1=O)CC2. The van der Waals surface area contributed by atoms with E-state index in [1.807, 2.05) is 36.4 Å². The Morgan fingerprint density at radius 2 is 1.74 bits per heavy atom. The summed E-state index contributed by atoms with van der Waals surface area (Å²) in [6.07, 6.45) is 2.60. The average Bonchev–Trinajstić information content (AvgIpc) is 3.13. The number of aromatic nitrogens is 3. The fourth-order valence-corrected chi connectivity index (χ4v) is 4.41. The average molecular weight is 416 g/mol. The summed E-state index contributed by atoms with van der Waals surface area (Å²) in [5.41, 5.74) is 4.05. The van der Waals surface area contributed by atoms with Gasteiger partial charge in [0.05, 0.1) is 26.9 Å². The molecule has 5 rings (SSSR count). The van der Waals surface area contributed by atoms with E-state index >= 15 is 0 Å². The molecule has 7 nitrogen and oxygen atoms in total. The Morgan fingerprint density at radius 3 is 2.48 bits per heavy atom. The normalized spacial score (nSPS) is 16.3. The standard InChI is InChI=1S/C24H24N4O3/c1-30-20-14-18-11-13-26(16-28-24(29)27-12-7-6-10-22(27)25-28)23(17-8-4-3-5-9-17)19(18)15-21(20)31-2/h3-10,12,14-15,23H,11,13,16H2,1-2H3/t23-/m1/s1. The lowest BCUT2D eigenvalue weighted by atomic mass is 9.88. The highest BCUT2D eigenvalue weighted by Crippen LogP contribution is 2.41. The molecule has 2 aromatic heterocycles. The Labute approximate surface area is 180 Å². The van der Waals surface area contributed by atoms with Crippen LogP contribution in [0.15, 0.2) is 71.7 Å². The van der Waals surface area contributed by atoms with Gasteiger partial charge in [-0.1, -0.05) is 36.4 Å². The summed E-state index contributed by atoms with van der Waals surface area (Å²) in [6, 6.07) is 20.0. The molecule has 0 unspecified atom stereocenters. The lowest BCUT2D eigenvalue weighted by Gasteiger charge is -2.37. The van der Waals surface area contributed by atoms with Crippen molar-refractivity contribution in [1.29, 1.82) is 0 Å². The molecule has 0 N–H and O–H groups in total. The number of ether oxygens (including phenoxy) is 2. The highest BCUT2D eigenvalue weighted by Gasteiger charge is 2.31. The van der Waals surface area contributed by atoms with Crippen LogP contribution in [0.2, 0.25) is 0 Å². The molecule has 2 aromatic carbocycles. The molecule has 0 radical (unpaired) electrons. The highest BCUT2D eigenvalue weighted by molar-refractivity contribution is 5.51. The molecule has 3 heterocycles. The molecule has 7 heteroatoms. The topological polar surface area (TPSA) is 61.0 Å². The van der Waals surface area contributed by atoms with Gasteiger partial charge in [-0.3, -0.25) is 9.30 Å². The van der Waals surface area contributed by atoms with E-state index in [-0.39, 0.29) is 11.7 Å². The number of nitrogens with zero attached hydrogens (tertiary/aromatic N) is 4. The first-order chi connectivity index (χ1) is 15.2. The van der Waals surface area contributed by atoms with Gasteiger partial charge in [-0.2, -0.15) is 4.68 Å². The van der Waals surface area contributed by atoms with Crippen LogP contribution in [0.3, 0.4) is 0 Å². The number of hydrogen-bond donors (Lipinski definition) is 0. The van der Waals surface area contributed by atoms with Crippen molar-refractivity contribution in [2.75, 3.05) is 20.8 Å². The third kappa shape index (κ3) is 3.37. The number of methoxy groups -OCH3 is 2. The van der Waals surface area contributed by atoms with Crippen LogP contribution in [0.25, 0.3) is 5.65 Å². The van der Waals surface area contributed by atoms with E-state index in [1.165, 1.54) is 10.2 Å². The Hall–Kier alpha value is -3.58. The van der Waals surface area contributed by atoms with Crippen LogP contribution >= 0.6 is 0 Å². The predicted molar refractivity (Wildman–Crippen MR) is 118 cm³/mol. The number of pyridine rings is 1. The molecule has 1 aliphatic heterocycles. The zero-order valence-electron chi connectivity index (χ0n) is 17.6. The van der Waals surface area contributed by atoms with Crippen LogP contribution in [-0.2, 0) is 13.1 Å². The van der Waals surface area contributed by atoms with E-state index in [9.17, 15) is 4.79 Å². The van der Waals surface area contributed by atoms with E-state index in [0.29, 0.717) is 18.1 Å². The first-order valence-electron chi connectivity index (χ1n) is 10.3. The first kappa shape index (κ1) is 19.4. The van der Waals surface area contributed by atoms with E-state index < -0.39 is 0 Å². The maximum absolute atomic E-state index is 12.9. The summed E-state index contributed by atoms with van der Waals surface area (Å²) in [4.78, 5) is 15.2. The maximum Gasteiger partial charge on any atom is 0.351 e. The summed E-state index contributed by atoms with van der Waals surface area (Å²) in [5.74, 6) is 1.44. The van der Waals surface area contributed by atoms with Gasteiger partial charge in [0.25, 0.3) is 0 Å². The summed E-state index contributed by atoms with van der Waals surface area (Å²) >= 11 is 0. The van der Waals surface area contributed by atoms with Crippen molar-refractivity contribution in [1.82, 2.24) is 19.1 Å². The van der Waals surface area contributed by atoms with Crippen LogP contribution in [0, 0.1) is 0 Å². The van der Waals surface area contributed by atoms with Crippen molar-refractivity contribution in [2.24, 2.45) is 0 Å². The minimum Gasteiger partial charge on any atom is -0.493 e. The second-order valence-corrected chi connectivity index (χ2v) is 7.63. The fourth-order valence-electron chi connectivity index (χ4n) is 4.41. The van der Waals surface area contributed by atoms with Crippen LogP contribution < -0.4 is 15.2 Å². The highest BCUT2D eigenvalue weighted by atomic mass is 16.5. The summed E-state index contributed by atoms with van der Waals surface area (Å²) < 4.78 is 14.2. The van der Waals surface area contributed by atoms with Gasteiger partial charge in [-0.15, -0.1) is 5.10 Å². The van der Waals surface area contributed by atoms with Gasteiger partial charge in [-0.05, 0) is 47.4 Å². The molecule has 0 spiro atoms. The van der Waals surface area contributed by atoms with Crippen molar-refractivity contribution in [3.05, 3.63) is 94.0 Å². The fraction of sp³-hybridized carbons (Fsp3) is 0.250. The Morgan fingerprint density at radius 1 is 1.00 bits per heavy atom. The van der Waals surface area contributed by atoms with E-state index in [2.05, 4.69) is 34.3 Å². The second kappa shape index (κ2) is 7.92. The van der Waals surface area contributed by atoms with Gasteiger partial charge < -0.3 is 9.47 Å². The van der Waals surface area contributed by atoms with Crippen molar-refractivity contribution in [2.45, 2.75) is 19.1 Å². The second-order valence-electron chi connectivity index (χ2n) is 7.63. The lowest BCUT2D eigenvalue weighted by Crippen LogP contribution is -2.40. The van der Waals surface area contributed by atoms with Gasteiger partial charge in [0, 0.05) is 12.7 Å². The smallest absolute Gasteiger partial charge is 0.351 e. The Kier molecular flexibility index (Phi) is 4.95. The van der Waals surface area contributed by atoms with Crippen LogP contribution in [0.4, 0.5) is 0 Å². The van der Waals surface area contributed by atoms with Crippen molar-refractivity contribution >= 4 is 5.65 Å². The molecular formula is C24H24N4O3. The van der Waals surface area contributed by atoms with Crippen LogP contribution in [0.1, 0.15) is 22.7 Å². The molecule has 0 saturated carbocycles. The number of hydrogen-bond acceptors (Lipinski definition) is 5. The zero-order valence-corrected chi connectivity index (χ0v) is 17.6. The number of benzene rings is 2. The Balaban J connectivity index is 1.60. The molecule has 0 amide bonds. The summed E-state index contributed by atoms with van der Waals surface area (Å²) in [7, 11) is 3.31. The van der Waals surface area contributed by atoms with Gasteiger partial charge in [0.1, 0.15) is 0 Å². The molecule has 0 bridgehead atoms. The van der Waals surface area contributed by atoms with E-state index in [4.69, 9.17) is 9.47 Å². The molecule has 0 saturated heterocycles. The van der Waals surface area contributed by atoms with E-state index in [1.54, 1.807) is 24.8 Å². The lowest BCUT2D eigenvalue weighted by molar-refractivity contribution is 0.153. The van der Waals surface area contributed by atoms with Crippen molar-refractivity contribution in [3.63, 3.8) is 0 Å². The summed E-state index contributed by atoms with van der Waals surface area (Å²) in [6.45, 7) is 1.19. The van der Waals surface area contributed by atoms with Crippen molar-refractivity contribution in [3.8, 4) is 11.5 Å². The van der Waals surface area contributed by atoms with Gasteiger partial charge in [-0.25, -0.2) is 4.79 Å². The summed E-state index contributed by atoms with van der Waals surface area (Å²) in [5, 5.41) is 4.53. The molecule has 1 aliphatic rings. The predicted octanol–water partition coefficient (Wildman–Crippen LogP) is 3.12. The van der Waals surface area contributed by atoms with E-state index in [0.717, 1.165) is 29.8 Å². The van der Waals surface area contributed by atoms with Gasteiger partial charge in [0.2, 0.25) is 0 Å². The molecule has 0 fully saturated rings.